The molecule has 24 heavy (non-hydrogen) atoms. The van der Waals surface area contributed by atoms with Gasteiger partial charge in [0.1, 0.15) is 5.56 Å². The van der Waals surface area contributed by atoms with Gasteiger partial charge in [-0.2, -0.15) is 0 Å². The Morgan fingerprint density at radius 3 is 2.25 bits per heavy atom. The minimum Gasteiger partial charge on any atom is -0.473 e. The molecule has 1 aromatic rings. The molecule has 0 saturated carbocycles. The molecule has 0 atom stereocenters. The summed E-state index contributed by atoms with van der Waals surface area (Å²) in [6, 6.07) is 1.13. The highest BCUT2D eigenvalue weighted by Gasteiger charge is 2.29. The molecule has 0 bridgehead atoms. The average molecular weight is 398 g/mol. The summed E-state index contributed by atoms with van der Waals surface area (Å²) in [6.45, 7) is 5.77. The van der Waals surface area contributed by atoms with E-state index < -0.39 is 29.2 Å². The number of benzene rings is 1. The topological polar surface area (TPSA) is 89.9 Å². The van der Waals surface area contributed by atoms with Gasteiger partial charge in [-0.15, -0.1) is 0 Å². The first-order valence-corrected chi connectivity index (χ1v) is 7.93. The number of carbonyl (C=O) groups is 3. The Hall–Kier alpha value is -1.50. The Bertz CT molecular complexity index is 684. The van der Waals surface area contributed by atoms with Gasteiger partial charge in [-0.1, -0.05) is 55.6 Å². The molecule has 0 aliphatic rings. The number of aliphatic carboxylic acids is 1. The van der Waals surface area contributed by atoms with E-state index in [1.807, 2.05) is 20.8 Å². The standard InChI is InChI=1S/C15H15Cl3O6/c1-4-15(2,3)6-23-13(21)9-10(18)7(16)5-8(17)11(9)24-14(22)12(19)20/h5H,4,6H2,1-3H3,(H,19,20). The third-order valence-corrected chi connectivity index (χ3v) is 4.32. The second kappa shape index (κ2) is 8.05. The summed E-state index contributed by atoms with van der Waals surface area (Å²) in [5, 5.41) is 8.06. The van der Waals surface area contributed by atoms with Gasteiger partial charge in [0.25, 0.3) is 0 Å². The maximum atomic E-state index is 12.3. The molecular formula is C15H15Cl3O6. The summed E-state index contributed by atoms with van der Waals surface area (Å²) in [5.41, 5.74) is -0.696. The first kappa shape index (κ1) is 20.5. The molecule has 1 rings (SSSR count). The molecule has 0 amide bonds. The Morgan fingerprint density at radius 1 is 1.17 bits per heavy atom. The molecule has 1 N–H and O–H groups in total. The van der Waals surface area contributed by atoms with Crippen molar-refractivity contribution in [2.24, 2.45) is 5.41 Å². The molecule has 132 valence electrons. The Balaban J connectivity index is 3.26. The van der Waals surface area contributed by atoms with Crippen LogP contribution in [-0.2, 0) is 14.3 Å². The number of hydrogen-bond donors (Lipinski definition) is 1. The number of rotatable bonds is 5. The monoisotopic (exact) mass is 396 g/mol. The van der Waals surface area contributed by atoms with E-state index in [0.717, 1.165) is 12.5 Å². The van der Waals surface area contributed by atoms with Gasteiger partial charge >= 0.3 is 17.9 Å². The molecule has 0 spiro atoms. The minimum atomic E-state index is -1.86. The lowest BCUT2D eigenvalue weighted by Crippen LogP contribution is -2.23. The normalized spacial score (nSPS) is 11.1. The van der Waals surface area contributed by atoms with Crippen LogP contribution in [0.3, 0.4) is 0 Å². The van der Waals surface area contributed by atoms with Gasteiger partial charge < -0.3 is 14.6 Å². The zero-order valence-corrected chi connectivity index (χ0v) is 15.4. The van der Waals surface area contributed by atoms with Crippen LogP contribution in [0.25, 0.3) is 0 Å². The summed E-state index contributed by atoms with van der Waals surface area (Å²) in [4.78, 5) is 34.3. The summed E-state index contributed by atoms with van der Waals surface area (Å²) in [5.74, 6) is -4.93. The summed E-state index contributed by atoms with van der Waals surface area (Å²) >= 11 is 17.7. The van der Waals surface area contributed by atoms with Gasteiger partial charge in [-0.3, -0.25) is 0 Å². The van der Waals surface area contributed by atoms with Crippen molar-refractivity contribution in [3.05, 3.63) is 26.7 Å². The van der Waals surface area contributed by atoms with E-state index in [4.69, 9.17) is 44.6 Å². The Labute approximate surface area is 153 Å². The van der Waals surface area contributed by atoms with Crippen LogP contribution < -0.4 is 4.74 Å². The fourth-order valence-electron chi connectivity index (χ4n) is 1.43. The van der Waals surface area contributed by atoms with Crippen LogP contribution in [0.2, 0.25) is 15.1 Å². The third kappa shape index (κ3) is 5.00. The van der Waals surface area contributed by atoms with E-state index in [0.29, 0.717) is 0 Å². The number of halogens is 3. The fraction of sp³-hybridized carbons (Fsp3) is 0.400. The van der Waals surface area contributed by atoms with Crippen molar-refractivity contribution in [1.29, 1.82) is 0 Å². The highest BCUT2D eigenvalue weighted by molar-refractivity contribution is 6.46. The Kier molecular flexibility index (Phi) is 6.89. The van der Waals surface area contributed by atoms with Crippen molar-refractivity contribution in [3.63, 3.8) is 0 Å². The predicted octanol–water partition coefficient (Wildman–Crippen LogP) is 4.23. The third-order valence-electron chi connectivity index (χ3n) is 3.25. The van der Waals surface area contributed by atoms with Crippen molar-refractivity contribution in [3.8, 4) is 5.75 Å². The van der Waals surface area contributed by atoms with Crippen molar-refractivity contribution < 1.29 is 29.0 Å². The van der Waals surface area contributed by atoms with E-state index in [-0.39, 0.29) is 27.1 Å². The van der Waals surface area contributed by atoms with E-state index in [9.17, 15) is 14.4 Å². The second-order valence-corrected chi connectivity index (χ2v) is 6.84. The molecule has 0 fully saturated rings. The predicted molar refractivity (Wildman–Crippen MR) is 89.1 cm³/mol. The highest BCUT2D eigenvalue weighted by Crippen LogP contribution is 2.40. The smallest absolute Gasteiger partial charge is 0.422 e. The lowest BCUT2D eigenvalue weighted by molar-refractivity contribution is -0.158. The van der Waals surface area contributed by atoms with E-state index in [1.54, 1.807) is 0 Å². The molecule has 9 heteroatoms. The second-order valence-electron chi connectivity index (χ2n) is 5.65. The molecule has 0 aliphatic carbocycles. The number of esters is 2. The zero-order chi connectivity index (χ0) is 18.7. The maximum absolute atomic E-state index is 12.3. The molecular weight excluding hydrogens is 383 g/mol. The number of hydrogen-bond acceptors (Lipinski definition) is 5. The lowest BCUT2D eigenvalue weighted by Gasteiger charge is -2.22. The van der Waals surface area contributed by atoms with Gasteiger partial charge in [0, 0.05) is 0 Å². The first-order valence-electron chi connectivity index (χ1n) is 6.80. The van der Waals surface area contributed by atoms with Gasteiger partial charge in [0.05, 0.1) is 21.7 Å². The number of ether oxygens (including phenoxy) is 2. The van der Waals surface area contributed by atoms with Crippen molar-refractivity contribution in [1.82, 2.24) is 0 Å². The molecule has 0 saturated heterocycles. The SMILES string of the molecule is CCC(C)(C)COC(=O)c1c(Cl)c(Cl)cc(Cl)c1OC(=O)C(=O)O. The lowest BCUT2D eigenvalue weighted by atomic mass is 9.92. The van der Waals surface area contributed by atoms with E-state index >= 15 is 0 Å². The van der Waals surface area contributed by atoms with Crippen LogP contribution in [0.4, 0.5) is 0 Å². The molecule has 6 nitrogen and oxygen atoms in total. The van der Waals surface area contributed by atoms with Crippen LogP contribution in [0.15, 0.2) is 6.07 Å². The van der Waals surface area contributed by atoms with Crippen LogP contribution in [0, 0.1) is 5.41 Å². The van der Waals surface area contributed by atoms with Crippen LogP contribution in [0.5, 0.6) is 5.75 Å². The number of carbonyl (C=O) groups excluding carboxylic acids is 2. The largest absolute Gasteiger partial charge is 0.473 e. The van der Waals surface area contributed by atoms with Crippen LogP contribution >= 0.6 is 34.8 Å². The van der Waals surface area contributed by atoms with Crippen molar-refractivity contribution in [2.75, 3.05) is 6.61 Å². The van der Waals surface area contributed by atoms with Gasteiger partial charge in [0.2, 0.25) is 0 Å². The summed E-state index contributed by atoms with van der Waals surface area (Å²) < 4.78 is 9.82. The zero-order valence-electron chi connectivity index (χ0n) is 13.1. The highest BCUT2D eigenvalue weighted by atomic mass is 35.5. The van der Waals surface area contributed by atoms with Crippen LogP contribution in [0.1, 0.15) is 37.6 Å². The first-order chi connectivity index (χ1) is 11.0. The summed E-state index contributed by atoms with van der Waals surface area (Å²) in [6.07, 6.45) is 0.741. The average Bonchev–Trinajstić information content (AvgIpc) is 2.50. The quantitative estimate of drug-likeness (QED) is 0.346. The molecule has 1 aromatic carbocycles. The van der Waals surface area contributed by atoms with Gasteiger partial charge in [-0.05, 0) is 17.9 Å². The molecule has 0 radical (unpaired) electrons. The van der Waals surface area contributed by atoms with Crippen molar-refractivity contribution >= 4 is 52.7 Å². The number of carboxylic acids is 1. The fourth-order valence-corrected chi connectivity index (χ4v) is 2.15. The van der Waals surface area contributed by atoms with Gasteiger partial charge in [0.15, 0.2) is 5.75 Å². The van der Waals surface area contributed by atoms with E-state index in [1.165, 1.54) is 0 Å². The van der Waals surface area contributed by atoms with Gasteiger partial charge in [-0.25, -0.2) is 14.4 Å². The summed E-state index contributed by atoms with van der Waals surface area (Å²) in [7, 11) is 0. The molecule has 0 aliphatic heterocycles. The maximum Gasteiger partial charge on any atom is 0.422 e. The van der Waals surface area contributed by atoms with Crippen molar-refractivity contribution in [2.45, 2.75) is 27.2 Å². The minimum absolute atomic E-state index is 0.0646. The molecule has 0 heterocycles. The molecule has 0 aromatic heterocycles. The molecule has 0 unspecified atom stereocenters. The number of carboxylic acid groups (broad SMARTS) is 1. The Morgan fingerprint density at radius 2 is 1.75 bits per heavy atom. The van der Waals surface area contributed by atoms with Crippen LogP contribution in [-0.4, -0.2) is 29.6 Å². The van der Waals surface area contributed by atoms with E-state index in [2.05, 4.69) is 4.74 Å².